The van der Waals surface area contributed by atoms with Gasteiger partial charge >= 0.3 is 0 Å². The van der Waals surface area contributed by atoms with Gasteiger partial charge < -0.3 is 18.9 Å². The molecule has 0 saturated carbocycles. The van der Waals surface area contributed by atoms with Gasteiger partial charge in [0.1, 0.15) is 36.6 Å². The van der Waals surface area contributed by atoms with Crippen molar-refractivity contribution >= 4 is 0 Å². The zero-order valence-electron chi connectivity index (χ0n) is 16.7. The summed E-state index contributed by atoms with van der Waals surface area (Å²) in [4.78, 5) is 0. The normalized spacial score (nSPS) is 19.7. The van der Waals surface area contributed by atoms with E-state index in [9.17, 15) is 5.26 Å². The fourth-order valence-electron chi connectivity index (χ4n) is 3.49. The first-order chi connectivity index (χ1) is 14.8. The van der Waals surface area contributed by atoms with Crippen molar-refractivity contribution in [3.63, 3.8) is 0 Å². The van der Waals surface area contributed by atoms with E-state index in [-0.39, 0.29) is 0 Å². The fraction of sp³-hybridized carbons (Fsp3) is 0.240. The lowest BCUT2D eigenvalue weighted by atomic mass is 10.0. The van der Waals surface area contributed by atoms with E-state index in [1.807, 2.05) is 0 Å². The van der Waals surface area contributed by atoms with Crippen LogP contribution in [0, 0.1) is 11.3 Å². The molecule has 4 rings (SSSR count). The smallest absolute Gasteiger partial charge is 0.173 e. The Bertz CT molecular complexity index is 934. The van der Waals surface area contributed by atoms with E-state index in [4.69, 9.17) is 18.9 Å². The van der Waals surface area contributed by atoms with Crippen LogP contribution in [-0.4, -0.2) is 0 Å². The summed E-state index contributed by atoms with van der Waals surface area (Å²) in [5.74, 6) is 2.20. The minimum absolute atomic E-state index is 0.414. The van der Waals surface area contributed by atoms with Crippen LogP contribution in [0.25, 0.3) is 0 Å². The van der Waals surface area contributed by atoms with Crippen molar-refractivity contribution < 1.29 is 18.9 Å². The fourth-order valence-corrected chi connectivity index (χ4v) is 3.49. The summed E-state index contributed by atoms with van der Waals surface area (Å²) < 4.78 is 23.1. The Morgan fingerprint density at radius 2 is 1.37 bits per heavy atom. The Hall–Kier alpha value is -3.65. The summed E-state index contributed by atoms with van der Waals surface area (Å²) in [7, 11) is 0. The third-order valence-corrected chi connectivity index (χ3v) is 4.97. The van der Waals surface area contributed by atoms with Crippen molar-refractivity contribution in [2.75, 3.05) is 0 Å². The van der Waals surface area contributed by atoms with E-state index < -0.39 is 0 Å². The van der Waals surface area contributed by atoms with Crippen molar-refractivity contribution in [2.24, 2.45) is 0 Å². The van der Waals surface area contributed by atoms with Crippen LogP contribution in [0.4, 0.5) is 0 Å². The number of hydrogen-bond donors (Lipinski definition) is 0. The predicted octanol–water partition coefficient (Wildman–Crippen LogP) is 6.23. The van der Waals surface area contributed by atoms with Gasteiger partial charge in [-0.25, -0.2) is 0 Å². The summed E-state index contributed by atoms with van der Waals surface area (Å²) >= 11 is 0. The SMILES string of the molecule is N#CC=C(C1=COC=C(CC2=CC=CCC2)O1)C1=COC=C(CC2=CC=CCC2)O1. The first-order valence-electron chi connectivity index (χ1n) is 10.1. The third kappa shape index (κ3) is 5.03. The van der Waals surface area contributed by atoms with Crippen molar-refractivity contribution in [1.82, 2.24) is 0 Å². The molecule has 2 aliphatic carbocycles. The first-order valence-corrected chi connectivity index (χ1v) is 10.1. The van der Waals surface area contributed by atoms with Gasteiger partial charge in [-0.15, -0.1) is 0 Å². The van der Waals surface area contributed by atoms with E-state index in [2.05, 4.69) is 42.5 Å². The summed E-state index contributed by atoms with van der Waals surface area (Å²) in [5.41, 5.74) is 3.02. The molecule has 0 amide bonds. The van der Waals surface area contributed by atoms with E-state index in [0.717, 1.165) is 25.7 Å². The highest BCUT2D eigenvalue weighted by Crippen LogP contribution is 2.33. The molecule has 0 unspecified atom stereocenters. The van der Waals surface area contributed by atoms with E-state index in [1.54, 1.807) is 12.5 Å². The number of rotatable bonds is 6. The molecule has 0 aromatic heterocycles. The molecule has 4 aliphatic rings. The highest BCUT2D eigenvalue weighted by Gasteiger charge is 2.23. The number of ether oxygens (including phenoxy) is 4. The monoisotopic (exact) mass is 401 g/mol. The molecule has 30 heavy (non-hydrogen) atoms. The molecule has 152 valence electrons. The van der Waals surface area contributed by atoms with Gasteiger partial charge in [0.2, 0.25) is 0 Å². The van der Waals surface area contributed by atoms with Crippen molar-refractivity contribution in [2.45, 2.75) is 38.5 Å². The van der Waals surface area contributed by atoms with Gasteiger partial charge in [-0.1, -0.05) is 47.6 Å². The van der Waals surface area contributed by atoms with Crippen molar-refractivity contribution in [1.29, 1.82) is 5.26 Å². The predicted molar refractivity (Wildman–Crippen MR) is 113 cm³/mol. The van der Waals surface area contributed by atoms with Crippen LogP contribution in [0.15, 0.2) is 107 Å². The molecule has 0 N–H and O–H groups in total. The maximum absolute atomic E-state index is 9.32. The molecular weight excluding hydrogens is 378 g/mol. The lowest BCUT2D eigenvalue weighted by molar-refractivity contribution is 0.201. The third-order valence-electron chi connectivity index (χ3n) is 4.97. The van der Waals surface area contributed by atoms with E-state index >= 15 is 0 Å². The molecule has 5 nitrogen and oxygen atoms in total. The molecule has 2 heterocycles. The molecule has 0 spiro atoms. The maximum atomic E-state index is 9.32. The zero-order chi connectivity index (χ0) is 20.6. The Morgan fingerprint density at radius 3 is 1.80 bits per heavy atom. The number of nitriles is 1. The number of hydrogen-bond acceptors (Lipinski definition) is 5. The molecule has 0 fully saturated rings. The molecule has 2 aliphatic heterocycles. The molecule has 0 saturated heterocycles. The van der Waals surface area contributed by atoms with Gasteiger partial charge in [-0.3, -0.25) is 0 Å². The Morgan fingerprint density at radius 1 is 0.833 bits per heavy atom. The minimum Gasteiger partial charge on any atom is -0.465 e. The second-order valence-electron chi connectivity index (χ2n) is 7.23. The van der Waals surface area contributed by atoms with Crippen LogP contribution < -0.4 is 0 Å². The topological polar surface area (TPSA) is 60.7 Å². The second kappa shape index (κ2) is 9.71. The number of allylic oxidation sites excluding steroid dienone is 9. The number of nitrogens with zero attached hydrogens (tertiary/aromatic N) is 1. The minimum atomic E-state index is 0.414. The van der Waals surface area contributed by atoms with Crippen LogP contribution >= 0.6 is 0 Å². The molecule has 0 radical (unpaired) electrons. The second-order valence-corrected chi connectivity index (χ2v) is 7.23. The average molecular weight is 401 g/mol. The highest BCUT2D eigenvalue weighted by molar-refractivity contribution is 5.45. The van der Waals surface area contributed by atoms with Crippen molar-refractivity contribution in [3.8, 4) is 6.07 Å². The summed E-state index contributed by atoms with van der Waals surface area (Å²) in [5, 5.41) is 9.32. The lowest BCUT2D eigenvalue weighted by Gasteiger charge is -2.23. The summed E-state index contributed by atoms with van der Waals surface area (Å²) in [6.45, 7) is 0. The van der Waals surface area contributed by atoms with Gasteiger partial charge in [0.25, 0.3) is 0 Å². The van der Waals surface area contributed by atoms with Crippen LogP contribution in [0.3, 0.4) is 0 Å². The van der Waals surface area contributed by atoms with Crippen LogP contribution in [0.1, 0.15) is 38.5 Å². The quantitative estimate of drug-likeness (QED) is 0.494. The highest BCUT2D eigenvalue weighted by atomic mass is 16.6. The van der Waals surface area contributed by atoms with E-state index in [1.165, 1.54) is 29.7 Å². The largest absolute Gasteiger partial charge is 0.465 e. The molecule has 0 atom stereocenters. The average Bonchev–Trinajstić information content (AvgIpc) is 2.79. The first kappa shape index (κ1) is 19.7. The van der Waals surface area contributed by atoms with Gasteiger partial charge in [0.15, 0.2) is 11.5 Å². The standard InChI is InChI=1S/C25H23NO4/c26-12-11-23(24-17-27-15-21(29-24)13-19-7-3-1-4-8-19)25-18-28-16-22(30-25)14-20-9-5-2-6-10-20/h1-3,5,7,9,11,15-18H,4,6,8,10,13-14H2. The molecule has 0 aromatic carbocycles. The molecule has 0 aromatic rings. The van der Waals surface area contributed by atoms with Crippen LogP contribution in [0.2, 0.25) is 0 Å². The van der Waals surface area contributed by atoms with E-state index in [0.29, 0.717) is 41.5 Å². The molecule has 0 bridgehead atoms. The molecule has 5 heteroatoms. The van der Waals surface area contributed by atoms with Crippen molar-refractivity contribution in [3.05, 3.63) is 107 Å². The Labute approximate surface area is 176 Å². The van der Waals surface area contributed by atoms with Gasteiger partial charge in [0.05, 0.1) is 11.6 Å². The summed E-state index contributed by atoms with van der Waals surface area (Å²) in [6, 6.07) is 2.06. The van der Waals surface area contributed by atoms with Crippen LogP contribution in [-0.2, 0) is 18.9 Å². The Balaban J connectivity index is 1.43. The lowest BCUT2D eigenvalue weighted by Crippen LogP contribution is -2.10. The van der Waals surface area contributed by atoms with Crippen LogP contribution in [0.5, 0.6) is 0 Å². The Kier molecular flexibility index (Phi) is 6.36. The van der Waals surface area contributed by atoms with Gasteiger partial charge in [-0.2, -0.15) is 5.26 Å². The maximum Gasteiger partial charge on any atom is 0.173 e. The zero-order valence-corrected chi connectivity index (χ0v) is 16.7. The molecular formula is C25H23NO4. The summed E-state index contributed by atoms with van der Waals surface area (Å²) in [6.07, 6.45) is 25.5. The van der Waals surface area contributed by atoms with Gasteiger partial charge in [0, 0.05) is 18.9 Å². The van der Waals surface area contributed by atoms with Gasteiger partial charge in [-0.05, 0) is 25.7 Å².